The molecule has 0 saturated heterocycles. The molecule has 1 unspecified atom stereocenters. The predicted octanol–water partition coefficient (Wildman–Crippen LogP) is 2.94. The first kappa shape index (κ1) is 13.2. The summed E-state index contributed by atoms with van der Waals surface area (Å²) in [5.41, 5.74) is 2.69. The minimum atomic E-state index is 0.148. The molecule has 1 N–H and O–H groups in total. The van der Waals surface area contributed by atoms with Crippen molar-refractivity contribution in [1.82, 2.24) is 5.32 Å². The maximum absolute atomic E-state index is 5.54. The van der Waals surface area contributed by atoms with Gasteiger partial charge in [-0.3, -0.25) is 0 Å². The van der Waals surface area contributed by atoms with Gasteiger partial charge in [-0.15, -0.1) is 0 Å². The molecule has 0 saturated carbocycles. The van der Waals surface area contributed by atoms with Crippen LogP contribution in [0.3, 0.4) is 0 Å². The van der Waals surface area contributed by atoms with Crippen molar-refractivity contribution in [1.29, 1.82) is 0 Å². The lowest BCUT2D eigenvalue weighted by Crippen LogP contribution is -2.38. The number of hydrogen-bond donors (Lipinski definition) is 1. The highest BCUT2D eigenvalue weighted by molar-refractivity contribution is 5.52. The summed E-state index contributed by atoms with van der Waals surface area (Å²) >= 11 is 0. The summed E-state index contributed by atoms with van der Waals surface area (Å²) in [6.07, 6.45) is 0.988. The van der Waals surface area contributed by atoms with E-state index in [1.165, 1.54) is 11.1 Å². The molecule has 1 aromatic rings. The van der Waals surface area contributed by atoms with Crippen molar-refractivity contribution in [3.05, 3.63) is 23.3 Å². The van der Waals surface area contributed by atoms with Gasteiger partial charge in [0.25, 0.3) is 0 Å². The smallest absolute Gasteiger partial charge is 0.124 e. The Morgan fingerprint density at radius 3 is 2.28 bits per heavy atom. The van der Waals surface area contributed by atoms with Gasteiger partial charge in [0.1, 0.15) is 11.5 Å². The Bertz CT molecular complexity index is 435. The van der Waals surface area contributed by atoms with Gasteiger partial charge in [0.05, 0.1) is 14.2 Å². The number of fused-ring (bicyclic) bond motifs is 1. The van der Waals surface area contributed by atoms with E-state index in [0.29, 0.717) is 6.04 Å². The van der Waals surface area contributed by atoms with Gasteiger partial charge in [-0.05, 0) is 30.5 Å². The molecule has 0 radical (unpaired) electrons. The Hall–Kier alpha value is -1.22. The molecule has 100 valence electrons. The van der Waals surface area contributed by atoms with E-state index in [0.717, 1.165) is 24.5 Å². The molecule has 1 heterocycles. The lowest BCUT2D eigenvalue weighted by atomic mass is 9.77. The van der Waals surface area contributed by atoms with Crippen LogP contribution in [-0.4, -0.2) is 20.8 Å². The van der Waals surface area contributed by atoms with Crippen molar-refractivity contribution in [3.8, 4) is 11.5 Å². The first-order valence-electron chi connectivity index (χ1n) is 6.46. The normalized spacial score (nSPS) is 19.3. The van der Waals surface area contributed by atoms with Crippen LogP contribution in [0.25, 0.3) is 0 Å². The minimum absolute atomic E-state index is 0.148. The standard InChI is InChI=1S/C15H23NO2/c1-15(2,3)14-13-10(8-9-16-14)11(17-4)6-7-12(13)18-5/h6-7,14,16H,8-9H2,1-5H3. The number of benzene rings is 1. The Labute approximate surface area is 109 Å². The number of hydrogen-bond acceptors (Lipinski definition) is 3. The topological polar surface area (TPSA) is 30.5 Å². The van der Waals surface area contributed by atoms with Crippen LogP contribution in [0.2, 0.25) is 0 Å². The van der Waals surface area contributed by atoms with E-state index < -0.39 is 0 Å². The van der Waals surface area contributed by atoms with Crippen LogP contribution in [0.5, 0.6) is 11.5 Å². The summed E-state index contributed by atoms with van der Waals surface area (Å²) in [4.78, 5) is 0. The number of nitrogens with one attached hydrogen (secondary N) is 1. The average molecular weight is 249 g/mol. The van der Waals surface area contributed by atoms with E-state index in [2.05, 4.69) is 26.1 Å². The molecule has 0 aromatic heterocycles. The third-order valence-corrected chi connectivity index (χ3v) is 3.59. The van der Waals surface area contributed by atoms with Crippen molar-refractivity contribution in [2.45, 2.75) is 33.2 Å². The van der Waals surface area contributed by atoms with Crippen LogP contribution in [0.15, 0.2) is 12.1 Å². The van der Waals surface area contributed by atoms with E-state index in [-0.39, 0.29) is 5.41 Å². The van der Waals surface area contributed by atoms with Crippen LogP contribution < -0.4 is 14.8 Å². The van der Waals surface area contributed by atoms with E-state index >= 15 is 0 Å². The lowest BCUT2D eigenvalue weighted by Gasteiger charge is -2.38. The average Bonchev–Trinajstić information content (AvgIpc) is 2.35. The van der Waals surface area contributed by atoms with Gasteiger partial charge in [-0.2, -0.15) is 0 Å². The van der Waals surface area contributed by atoms with Crippen LogP contribution >= 0.6 is 0 Å². The van der Waals surface area contributed by atoms with Crippen LogP contribution in [-0.2, 0) is 6.42 Å². The van der Waals surface area contributed by atoms with E-state index in [4.69, 9.17) is 9.47 Å². The zero-order chi connectivity index (χ0) is 13.3. The first-order valence-corrected chi connectivity index (χ1v) is 6.46. The summed E-state index contributed by atoms with van der Waals surface area (Å²) in [6.45, 7) is 7.73. The van der Waals surface area contributed by atoms with Gasteiger partial charge in [0.15, 0.2) is 0 Å². The summed E-state index contributed by atoms with van der Waals surface area (Å²) in [5.74, 6) is 1.93. The number of methoxy groups -OCH3 is 2. The largest absolute Gasteiger partial charge is 0.496 e. The molecule has 1 aliphatic heterocycles. The highest BCUT2D eigenvalue weighted by Gasteiger charge is 2.34. The lowest BCUT2D eigenvalue weighted by molar-refractivity contribution is 0.252. The van der Waals surface area contributed by atoms with Gasteiger partial charge < -0.3 is 14.8 Å². The van der Waals surface area contributed by atoms with Gasteiger partial charge in [0.2, 0.25) is 0 Å². The summed E-state index contributed by atoms with van der Waals surface area (Å²) in [5, 5.41) is 3.61. The molecule has 3 heteroatoms. The zero-order valence-corrected chi connectivity index (χ0v) is 12.0. The predicted molar refractivity (Wildman–Crippen MR) is 73.4 cm³/mol. The van der Waals surface area contributed by atoms with Crippen molar-refractivity contribution in [2.75, 3.05) is 20.8 Å². The maximum Gasteiger partial charge on any atom is 0.124 e. The molecular formula is C15H23NO2. The molecule has 3 nitrogen and oxygen atoms in total. The Morgan fingerprint density at radius 2 is 1.72 bits per heavy atom. The molecule has 18 heavy (non-hydrogen) atoms. The SMILES string of the molecule is COc1ccc(OC)c2c1CCNC2C(C)(C)C. The number of ether oxygens (including phenoxy) is 2. The quantitative estimate of drug-likeness (QED) is 0.874. The molecule has 1 aromatic carbocycles. The third-order valence-electron chi connectivity index (χ3n) is 3.59. The van der Waals surface area contributed by atoms with E-state index in [1.807, 2.05) is 12.1 Å². The Kier molecular flexibility index (Phi) is 3.53. The summed E-state index contributed by atoms with van der Waals surface area (Å²) in [6, 6.07) is 4.30. The molecule has 0 bridgehead atoms. The van der Waals surface area contributed by atoms with E-state index in [9.17, 15) is 0 Å². The van der Waals surface area contributed by atoms with Crippen molar-refractivity contribution >= 4 is 0 Å². The Balaban J connectivity index is 2.60. The fourth-order valence-corrected chi connectivity index (χ4v) is 2.75. The summed E-state index contributed by atoms with van der Waals surface area (Å²) in [7, 11) is 3.46. The molecule has 2 rings (SSSR count). The van der Waals surface area contributed by atoms with Gasteiger partial charge in [-0.25, -0.2) is 0 Å². The second kappa shape index (κ2) is 4.81. The Morgan fingerprint density at radius 1 is 1.11 bits per heavy atom. The molecular weight excluding hydrogens is 226 g/mol. The number of rotatable bonds is 2. The fraction of sp³-hybridized carbons (Fsp3) is 0.600. The second-order valence-electron chi connectivity index (χ2n) is 5.87. The molecule has 0 aliphatic carbocycles. The second-order valence-corrected chi connectivity index (χ2v) is 5.87. The highest BCUT2D eigenvalue weighted by atomic mass is 16.5. The summed E-state index contributed by atoms with van der Waals surface area (Å²) < 4.78 is 11.0. The van der Waals surface area contributed by atoms with Crippen LogP contribution in [0.4, 0.5) is 0 Å². The molecule has 1 aliphatic rings. The fourth-order valence-electron chi connectivity index (χ4n) is 2.75. The molecule has 0 spiro atoms. The minimum Gasteiger partial charge on any atom is -0.496 e. The van der Waals surface area contributed by atoms with Crippen molar-refractivity contribution in [3.63, 3.8) is 0 Å². The first-order chi connectivity index (χ1) is 8.49. The van der Waals surface area contributed by atoms with Gasteiger partial charge in [0, 0.05) is 17.2 Å². The maximum atomic E-state index is 5.54. The van der Waals surface area contributed by atoms with Crippen molar-refractivity contribution < 1.29 is 9.47 Å². The van der Waals surface area contributed by atoms with Gasteiger partial charge in [-0.1, -0.05) is 20.8 Å². The van der Waals surface area contributed by atoms with Crippen LogP contribution in [0, 0.1) is 5.41 Å². The zero-order valence-electron chi connectivity index (χ0n) is 12.0. The van der Waals surface area contributed by atoms with Gasteiger partial charge >= 0.3 is 0 Å². The third kappa shape index (κ3) is 2.19. The van der Waals surface area contributed by atoms with E-state index in [1.54, 1.807) is 14.2 Å². The van der Waals surface area contributed by atoms with Crippen molar-refractivity contribution in [2.24, 2.45) is 5.41 Å². The van der Waals surface area contributed by atoms with Crippen LogP contribution in [0.1, 0.15) is 37.9 Å². The highest BCUT2D eigenvalue weighted by Crippen LogP contribution is 2.44. The molecule has 1 atom stereocenters. The molecule has 0 fully saturated rings. The molecule has 0 amide bonds. The monoisotopic (exact) mass is 249 g/mol.